The molecule has 5 rings (SSSR count). The van der Waals surface area contributed by atoms with Crippen LogP contribution in [0.15, 0.2) is 94.4 Å². The Morgan fingerprint density at radius 3 is 2.46 bits per heavy atom. The Labute approximate surface area is 151 Å². The number of anilines is 2. The molecule has 0 saturated carbocycles. The summed E-state index contributed by atoms with van der Waals surface area (Å²) in [5.41, 5.74) is 9.45. The fourth-order valence-corrected chi connectivity index (χ4v) is 3.53. The summed E-state index contributed by atoms with van der Waals surface area (Å²) in [5, 5.41) is 10.8. The van der Waals surface area contributed by atoms with Crippen LogP contribution in [0.2, 0.25) is 0 Å². The van der Waals surface area contributed by atoms with Crippen LogP contribution in [0.1, 0.15) is 0 Å². The normalized spacial score (nSPS) is 16.2. The summed E-state index contributed by atoms with van der Waals surface area (Å²) in [5.74, 6) is 1.47. The van der Waals surface area contributed by atoms with Gasteiger partial charge in [-0.1, -0.05) is 54.6 Å². The van der Waals surface area contributed by atoms with Crippen molar-refractivity contribution in [2.45, 2.75) is 0 Å². The van der Waals surface area contributed by atoms with Crippen LogP contribution in [0.3, 0.4) is 0 Å². The first-order chi connectivity index (χ1) is 12.8. The number of para-hydroxylation sites is 1. The number of fused-ring (bicyclic) bond motifs is 2. The lowest BCUT2D eigenvalue weighted by Crippen LogP contribution is -2.49. The molecule has 26 heavy (non-hydrogen) atoms. The Balaban J connectivity index is 1.68. The second-order valence-electron chi connectivity index (χ2n) is 6.30. The fraction of sp³-hybridized carbons (Fsp3) is 0.0476. The zero-order chi connectivity index (χ0) is 17.5. The molecule has 0 aromatic heterocycles. The third-order valence-corrected chi connectivity index (χ3v) is 4.81. The summed E-state index contributed by atoms with van der Waals surface area (Å²) in [4.78, 5) is 4.27. The van der Waals surface area contributed by atoms with Crippen molar-refractivity contribution in [2.75, 3.05) is 16.5 Å². The van der Waals surface area contributed by atoms with Gasteiger partial charge in [0.15, 0.2) is 5.84 Å². The summed E-state index contributed by atoms with van der Waals surface area (Å²) in [6.07, 6.45) is 1.73. The van der Waals surface area contributed by atoms with Crippen LogP contribution in [0.25, 0.3) is 10.8 Å². The number of hydrogen-bond acceptors (Lipinski definition) is 5. The van der Waals surface area contributed by atoms with E-state index in [-0.39, 0.29) is 0 Å². The number of hydrogen-bond donors (Lipinski definition) is 1. The summed E-state index contributed by atoms with van der Waals surface area (Å²) < 4.78 is 0. The molecule has 0 spiro atoms. The van der Waals surface area contributed by atoms with Crippen LogP contribution in [-0.4, -0.2) is 18.7 Å². The smallest absolute Gasteiger partial charge is 0.169 e. The van der Waals surface area contributed by atoms with E-state index in [1.54, 1.807) is 6.21 Å². The summed E-state index contributed by atoms with van der Waals surface area (Å²) in [6.45, 7) is 0.579. The average Bonchev–Trinajstić information content (AvgIpc) is 3.19. The molecule has 0 saturated heterocycles. The highest BCUT2D eigenvalue weighted by molar-refractivity contribution is 6.26. The molecule has 2 N–H and O–H groups in total. The third-order valence-electron chi connectivity index (χ3n) is 4.81. The van der Waals surface area contributed by atoms with Crippen LogP contribution >= 0.6 is 0 Å². The highest BCUT2D eigenvalue weighted by Gasteiger charge is 2.32. The minimum atomic E-state index is 0.579. The number of benzene rings is 3. The first-order valence-electron chi connectivity index (χ1n) is 8.52. The van der Waals surface area contributed by atoms with Crippen molar-refractivity contribution in [1.82, 2.24) is 0 Å². The second kappa shape index (κ2) is 5.74. The molecule has 3 aromatic carbocycles. The van der Waals surface area contributed by atoms with Crippen LogP contribution in [0.5, 0.6) is 0 Å². The fourth-order valence-electron chi connectivity index (χ4n) is 3.53. The van der Waals surface area contributed by atoms with Gasteiger partial charge in [-0.2, -0.15) is 5.10 Å². The van der Waals surface area contributed by atoms with E-state index in [4.69, 9.17) is 5.73 Å². The van der Waals surface area contributed by atoms with Crippen molar-refractivity contribution in [1.29, 1.82) is 0 Å². The summed E-state index contributed by atoms with van der Waals surface area (Å²) >= 11 is 0. The molecule has 2 aliphatic heterocycles. The maximum atomic E-state index is 6.46. The Bertz CT molecular complexity index is 1080. The maximum absolute atomic E-state index is 6.46. The Kier molecular flexibility index (Phi) is 3.25. The summed E-state index contributed by atoms with van der Waals surface area (Å²) in [7, 11) is 0. The van der Waals surface area contributed by atoms with E-state index in [2.05, 4.69) is 74.6 Å². The van der Waals surface area contributed by atoms with Gasteiger partial charge in [0.2, 0.25) is 0 Å². The monoisotopic (exact) mass is 339 g/mol. The first-order valence-corrected chi connectivity index (χ1v) is 8.52. The van der Waals surface area contributed by atoms with E-state index < -0.39 is 0 Å². The zero-order valence-corrected chi connectivity index (χ0v) is 14.1. The van der Waals surface area contributed by atoms with Gasteiger partial charge in [0.1, 0.15) is 12.5 Å². The van der Waals surface area contributed by atoms with Gasteiger partial charge in [0.05, 0.1) is 17.5 Å². The van der Waals surface area contributed by atoms with Crippen molar-refractivity contribution >= 4 is 34.2 Å². The lowest BCUT2D eigenvalue weighted by atomic mass is 10.1. The topological polar surface area (TPSA) is 57.2 Å². The number of nitrogens with two attached hydrogens (primary N) is 1. The van der Waals surface area contributed by atoms with Gasteiger partial charge in [0, 0.05) is 11.1 Å². The molecule has 0 unspecified atom stereocenters. The molecule has 0 amide bonds. The second-order valence-corrected chi connectivity index (χ2v) is 6.30. The predicted molar refractivity (Wildman–Crippen MR) is 107 cm³/mol. The molecule has 0 bridgehead atoms. The van der Waals surface area contributed by atoms with Crippen LogP contribution in [-0.2, 0) is 0 Å². The van der Waals surface area contributed by atoms with Gasteiger partial charge in [-0.05, 0) is 23.6 Å². The lowest BCUT2D eigenvalue weighted by molar-refractivity contribution is 0.864. The van der Waals surface area contributed by atoms with E-state index >= 15 is 0 Å². The predicted octanol–water partition coefficient (Wildman–Crippen LogP) is 3.69. The molecule has 126 valence electrons. The molecular weight excluding hydrogens is 322 g/mol. The highest BCUT2D eigenvalue weighted by Crippen LogP contribution is 2.33. The Hall–Kier alpha value is -3.60. The van der Waals surface area contributed by atoms with Gasteiger partial charge in [-0.15, -0.1) is 5.10 Å². The van der Waals surface area contributed by atoms with Gasteiger partial charge >= 0.3 is 0 Å². The standard InChI is InChI=1S/C21H17N5/c22-20-18-13-23-24-21(18)26(14-25(20)16-9-2-1-3-10-16)19-12-6-8-15-7-4-5-11-17(15)19/h1-13H,14,22H2. The van der Waals surface area contributed by atoms with E-state index in [1.807, 2.05) is 18.2 Å². The lowest BCUT2D eigenvalue weighted by Gasteiger charge is -2.38. The summed E-state index contributed by atoms with van der Waals surface area (Å²) in [6, 6.07) is 24.8. The number of amidine groups is 1. The third kappa shape index (κ3) is 2.18. The molecular formula is C21H17N5. The molecule has 0 aliphatic carbocycles. The maximum Gasteiger partial charge on any atom is 0.169 e. The van der Waals surface area contributed by atoms with Crippen molar-refractivity contribution in [3.05, 3.63) is 84.2 Å². The van der Waals surface area contributed by atoms with Crippen LogP contribution < -0.4 is 15.5 Å². The molecule has 0 atom stereocenters. The molecule has 0 radical (unpaired) electrons. The van der Waals surface area contributed by atoms with Gasteiger partial charge in [0.25, 0.3) is 0 Å². The van der Waals surface area contributed by atoms with Crippen molar-refractivity contribution in [2.24, 2.45) is 15.9 Å². The van der Waals surface area contributed by atoms with Gasteiger partial charge < -0.3 is 15.5 Å². The molecule has 2 aliphatic rings. The quantitative estimate of drug-likeness (QED) is 0.775. The largest absolute Gasteiger partial charge is 0.384 e. The number of nitrogens with zero attached hydrogens (tertiary/aromatic N) is 4. The van der Waals surface area contributed by atoms with Crippen molar-refractivity contribution < 1.29 is 0 Å². The van der Waals surface area contributed by atoms with E-state index in [1.165, 1.54) is 10.8 Å². The SMILES string of the molecule is NC1=C2C=NN=C2N(c2cccc3ccccc23)CN1c1ccccc1. The van der Waals surface area contributed by atoms with Crippen molar-refractivity contribution in [3.63, 3.8) is 0 Å². The van der Waals surface area contributed by atoms with Crippen LogP contribution in [0, 0.1) is 0 Å². The molecule has 5 nitrogen and oxygen atoms in total. The molecule has 3 aromatic rings. The Morgan fingerprint density at radius 1 is 0.808 bits per heavy atom. The molecule has 2 heterocycles. The van der Waals surface area contributed by atoms with Gasteiger partial charge in [-0.25, -0.2) is 0 Å². The van der Waals surface area contributed by atoms with E-state index in [9.17, 15) is 0 Å². The molecule has 5 heteroatoms. The minimum absolute atomic E-state index is 0.579. The van der Waals surface area contributed by atoms with Crippen LogP contribution in [0.4, 0.5) is 11.4 Å². The van der Waals surface area contributed by atoms with Gasteiger partial charge in [-0.3, -0.25) is 0 Å². The average molecular weight is 339 g/mol. The Morgan fingerprint density at radius 2 is 1.58 bits per heavy atom. The first kappa shape index (κ1) is 14.7. The number of rotatable bonds is 2. The highest BCUT2D eigenvalue weighted by atomic mass is 15.4. The van der Waals surface area contributed by atoms with E-state index in [0.717, 1.165) is 22.8 Å². The minimum Gasteiger partial charge on any atom is -0.384 e. The molecule has 0 fully saturated rings. The van der Waals surface area contributed by atoms with E-state index in [0.29, 0.717) is 12.5 Å². The zero-order valence-electron chi connectivity index (χ0n) is 14.1. The van der Waals surface area contributed by atoms with Crippen molar-refractivity contribution in [3.8, 4) is 0 Å².